The van der Waals surface area contributed by atoms with Gasteiger partial charge in [0.05, 0.1) is 16.6 Å². The molecule has 2 heterocycles. The van der Waals surface area contributed by atoms with E-state index >= 15 is 0 Å². The van der Waals surface area contributed by atoms with Gasteiger partial charge < -0.3 is 5.32 Å². The van der Waals surface area contributed by atoms with Crippen molar-refractivity contribution < 1.29 is 4.79 Å². The molecule has 2 aromatic rings. The van der Waals surface area contributed by atoms with Crippen molar-refractivity contribution in [1.82, 2.24) is 20.1 Å². The SMILES string of the molecule is Cc1nn(C)c2nc(C(C)C)cc(C(=O)N[C@@H](C)C(C)C)c12. The van der Waals surface area contributed by atoms with Crippen LogP contribution < -0.4 is 5.32 Å². The van der Waals surface area contributed by atoms with Crippen LogP contribution >= 0.6 is 0 Å². The second kappa shape index (κ2) is 6.07. The zero-order valence-electron chi connectivity index (χ0n) is 14.6. The largest absolute Gasteiger partial charge is 0.349 e. The Kier molecular flexibility index (Phi) is 4.54. The summed E-state index contributed by atoms with van der Waals surface area (Å²) in [7, 11) is 1.87. The van der Waals surface area contributed by atoms with E-state index in [4.69, 9.17) is 0 Å². The third-order valence-electron chi connectivity index (χ3n) is 4.18. The number of fused-ring (bicyclic) bond motifs is 1. The van der Waals surface area contributed by atoms with Crippen molar-refractivity contribution in [2.24, 2.45) is 13.0 Å². The Labute approximate surface area is 132 Å². The monoisotopic (exact) mass is 302 g/mol. The van der Waals surface area contributed by atoms with Gasteiger partial charge in [-0.2, -0.15) is 5.10 Å². The van der Waals surface area contributed by atoms with Gasteiger partial charge in [0, 0.05) is 18.8 Å². The fraction of sp³-hybridized carbons (Fsp3) is 0.588. The molecule has 0 aromatic carbocycles. The molecule has 0 unspecified atom stereocenters. The fourth-order valence-electron chi connectivity index (χ4n) is 2.39. The van der Waals surface area contributed by atoms with Crippen molar-refractivity contribution >= 4 is 16.9 Å². The molecule has 0 aliphatic rings. The molecule has 0 aliphatic heterocycles. The first-order valence-corrected chi connectivity index (χ1v) is 7.87. The van der Waals surface area contributed by atoms with Crippen LogP contribution in [-0.2, 0) is 7.05 Å². The molecule has 5 nitrogen and oxygen atoms in total. The number of hydrogen-bond donors (Lipinski definition) is 1. The van der Waals surface area contributed by atoms with E-state index in [0.29, 0.717) is 11.5 Å². The molecule has 0 saturated heterocycles. The van der Waals surface area contributed by atoms with E-state index in [-0.39, 0.29) is 17.9 Å². The van der Waals surface area contributed by atoms with Crippen LogP contribution in [0.25, 0.3) is 11.0 Å². The highest BCUT2D eigenvalue weighted by Crippen LogP contribution is 2.25. The number of rotatable bonds is 4. The Morgan fingerprint density at radius 3 is 2.41 bits per heavy atom. The molecule has 0 spiro atoms. The van der Waals surface area contributed by atoms with E-state index in [1.807, 2.05) is 27.0 Å². The number of carbonyl (C=O) groups excluding carboxylic acids is 1. The van der Waals surface area contributed by atoms with Crippen LogP contribution in [0.5, 0.6) is 0 Å². The first-order valence-electron chi connectivity index (χ1n) is 7.87. The lowest BCUT2D eigenvalue weighted by atomic mass is 10.0. The van der Waals surface area contributed by atoms with Gasteiger partial charge in [0.2, 0.25) is 0 Å². The molecular weight excluding hydrogens is 276 g/mol. The van der Waals surface area contributed by atoms with Gasteiger partial charge in [-0.1, -0.05) is 27.7 Å². The molecule has 1 N–H and O–H groups in total. The first kappa shape index (κ1) is 16.5. The van der Waals surface area contributed by atoms with Crippen molar-refractivity contribution in [3.05, 3.63) is 23.0 Å². The molecule has 0 saturated carbocycles. The predicted molar refractivity (Wildman–Crippen MR) is 89.1 cm³/mol. The predicted octanol–water partition coefficient (Wildman–Crippen LogP) is 3.17. The second-order valence-corrected chi connectivity index (χ2v) is 6.66. The normalized spacial score (nSPS) is 13.1. The highest BCUT2D eigenvalue weighted by Gasteiger charge is 2.21. The van der Waals surface area contributed by atoms with Crippen molar-refractivity contribution in [1.29, 1.82) is 0 Å². The highest BCUT2D eigenvalue weighted by atomic mass is 16.1. The minimum absolute atomic E-state index is 0.0494. The lowest BCUT2D eigenvalue weighted by Gasteiger charge is -2.18. The maximum absolute atomic E-state index is 12.7. The Morgan fingerprint density at radius 1 is 1.23 bits per heavy atom. The molecule has 1 amide bonds. The molecule has 5 heteroatoms. The number of carbonyl (C=O) groups is 1. The van der Waals surface area contributed by atoms with E-state index < -0.39 is 0 Å². The fourth-order valence-corrected chi connectivity index (χ4v) is 2.39. The van der Waals surface area contributed by atoms with E-state index in [0.717, 1.165) is 22.4 Å². The summed E-state index contributed by atoms with van der Waals surface area (Å²) in [6.07, 6.45) is 0. The van der Waals surface area contributed by atoms with Crippen LogP contribution in [0.2, 0.25) is 0 Å². The summed E-state index contributed by atoms with van der Waals surface area (Å²) in [4.78, 5) is 17.4. The number of aromatic nitrogens is 3. The molecule has 0 fully saturated rings. The van der Waals surface area contributed by atoms with Crippen LogP contribution in [0.1, 0.15) is 62.3 Å². The lowest BCUT2D eigenvalue weighted by Crippen LogP contribution is -2.36. The van der Waals surface area contributed by atoms with E-state index in [1.54, 1.807) is 4.68 Å². The van der Waals surface area contributed by atoms with Crippen molar-refractivity contribution in [3.8, 4) is 0 Å². The number of amides is 1. The van der Waals surface area contributed by atoms with Gasteiger partial charge in [0.25, 0.3) is 5.91 Å². The standard InChI is InChI=1S/C17H26N4O/c1-9(2)11(5)18-17(22)13-8-14(10(3)4)19-16-15(13)12(6)20-21(16)7/h8-11H,1-7H3,(H,18,22)/t11-/m0/s1. The van der Waals surface area contributed by atoms with Gasteiger partial charge in [-0.3, -0.25) is 9.48 Å². The van der Waals surface area contributed by atoms with Gasteiger partial charge in [-0.15, -0.1) is 0 Å². The van der Waals surface area contributed by atoms with E-state index in [2.05, 4.69) is 43.1 Å². The summed E-state index contributed by atoms with van der Waals surface area (Å²) in [5.41, 5.74) is 3.19. The third kappa shape index (κ3) is 2.98. The zero-order chi connectivity index (χ0) is 16.6. The number of pyridine rings is 1. The minimum atomic E-state index is -0.0494. The summed E-state index contributed by atoms with van der Waals surface area (Å²) in [6.45, 7) is 12.3. The quantitative estimate of drug-likeness (QED) is 0.943. The zero-order valence-corrected chi connectivity index (χ0v) is 14.6. The first-order chi connectivity index (χ1) is 10.2. The molecule has 120 valence electrons. The van der Waals surface area contributed by atoms with E-state index in [1.165, 1.54) is 0 Å². The number of hydrogen-bond acceptors (Lipinski definition) is 3. The van der Waals surface area contributed by atoms with Gasteiger partial charge in [0.15, 0.2) is 5.65 Å². The van der Waals surface area contributed by atoms with Gasteiger partial charge in [-0.25, -0.2) is 4.98 Å². The molecule has 2 rings (SSSR count). The third-order valence-corrected chi connectivity index (χ3v) is 4.18. The van der Waals surface area contributed by atoms with Crippen molar-refractivity contribution in [3.63, 3.8) is 0 Å². The molecule has 1 atom stereocenters. The number of nitrogens with one attached hydrogen (secondary N) is 1. The average molecular weight is 302 g/mol. The Bertz CT molecular complexity index is 700. The Hall–Kier alpha value is -1.91. The average Bonchev–Trinajstić information content (AvgIpc) is 2.72. The minimum Gasteiger partial charge on any atom is -0.349 e. The topological polar surface area (TPSA) is 59.8 Å². The van der Waals surface area contributed by atoms with Crippen LogP contribution in [-0.4, -0.2) is 26.7 Å². The highest BCUT2D eigenvalue weighted by molar-refractivity contribution is 6.06. The smallest absolute Gasteiger partial charge is 0.252 e. The van der Waals surface area contributed by atoms with Crippen LogP contribution in [0, 0.1) is 12.8 Å². The van der Waals surface area contributed by atoms with Crippen molar-refractivity contribution in [2.45, 2.75) is 53.5 Å². The Morgan fingerprint density at radius 2 is 1.86 bits per heavy atom. The molecule has 0 bridgehead atoms. The molecule has 2 aromatic heterocycles. The lowest BCUT2D eigenvalue weighted by molar-refractivity contribution is 0.0932. The summed E-state index contributed by atoms with van der Waals surface area (Å²) < 4.78 is 1.75. The number of nitrogens with zero attached hydrogens (tertiary/aromatic N) is 3. The summed E-state index contributed by atoms with van der Waals surface area (Å²) in [5, 5.41) is 8.36. The van der Waals surface area contributed by atoms with Crippen molar-refractivity contribution in [2.75, 3.05) is 0 Å². The molecule has 0 aliphatic carbocycles. The van der Waals surface area contributed by atoms with Gasteiger partial charge >= 0.3 is 0 Å². The summed E-state index contributed by atoms with van der Waals surface area (Å²) in [5.74, 6) is 0.598. The van der Waals surface area contributed by atoms with Crippen LogP contribution in [0.3, 0.4) is 0 Å². The second-order valence-electron chi connectivity index (χ2n) is 6.66. The van der Waals surface area contributed by atoms with E-state index in [9.17, 15) is 4.79 Å². The Balaban J connectivity index is 2.58. The summed E-state index contributed by atoms with van der Waals surface area (Å²) in [6, 6.07) is 2.03. The molecule has 0 radical (unpaired) electrons. The molecular formula is C17H26N4O. The molecule has 22 heavy (non-hydrogen) atoms. The van der Waals surface area contributed by atoms with Gasteiger partial charge in [-0.05, 0) is 31.7 Å². The maximum Gasteiger partial charge on any atom is 0.252 e. The van der Waals surface area contributed by atoms with Crippen LogP contribution in [0.4, 0.5) is 0 Å². The van der Waals surface area contributed by atoms with Crippen LogP contribution in [0.15, 0.2) is 6.07 Å². The number of aryl methyl sites for hydroxylation is 2. The maximum atomic E-state index is 12.7. The summed E-state index contributed by atoms with van der Waals surface area (Å²) >= 11 is 0. The van der Waals surface area contributed by atoms with Gasteiger partial charge in [0.1, 0.15) is 0 Å².